The first-order valence-corrected chi connectivity index (χ1v) is 8.85. The minimum absolute atomic E-state index is 0.117. The summed E-state index contributed by atoms with van der Waals surface area (Å²) in [7, 11) is 0. The predicted molar refractivity (Wildman–Crippen MR) is 105 cm³/mol. The van der Waals surface area contributed by atoms with Crippen LogP contribution in [0.15, 0.2) is 54.6 Å². The molecule has 1 atom stereocenters. The van der Waals surface area contributed by atoms with Crippen LogP contribution in [0.1, 0.15) is 36.1 Å². The molecule has 28 heavy (non-hydrogen) atoms. The van der Waals surface area contributed by atoms with Gasteiger partial charge in [0.15, 0.2) is 6.61 Å². The molecule has 0 aliphatic carbocycles. The van der Waals surface area contributed by atoms with E-state index in [0.717, 1.165) is 17.2 Å². The number of carbonyl (C=O) groups excluding carboxylic acids is 2. The number of carbonyl (C=O) groups is 2. The van der Waals surface area contributed by atoms with Gasteiger partial charge < -0.3 is 10.1 Å². The molecule has 1 N–H and O–H groups in total. The maximum atomic E-state index is 12.1. The molecule has 7 nitrogen and oxygen atoms in total. The second-order valence-electron chi connectivity index (χ2n) is 6.20. The van der Waals surface area contributed by atoms with Crippen molar-refractivity contribution in [3.05, 3.63) is 81.4 Å². The van der Waals surface area contributed by atoms with Gasteiger partial charge in [-0.3, -0.25) is 14.9 Å². The van der Waals surface area contributed by atoms with Gasteiger partial charge in [0, 0.05) is 12.1 Å². The molecule has 0 aliphatic heterocycles. The third kappa shape index (κ3) is 6.05. The summed E-state index contributed by atoms with van der Waals surface area (Å²) in [6, 6.07) is 13.7. The maximum Gasteiger partial charge on any atom is 0.331 e. The van der Waals surface area contributed by atoms with Gasteiger partial charge in [-0.1, -0.05) is 48.9 Å². The Hall–Kier alpha value is -3.48. The molecule has 0 unspecified atom stereocenters. The first kappa shape index (κ1) is 20.8. The molecule has 0 saturated carbocycles. The SMILES string of the molecule is CC[C@H](NC(=O)COC(=O)/C=C/c1ccccc1[N+](=O)[O-])c1ccc(C)cc1. The van der Waals surface area contributed by atoms with Crippen LogP contribution in [-0.4, -0.2) is 23.4 Å². The Balaban J connectivity index is 1.89. The topological polar surface area (TPSA) is 98.5 Å². The van der Waals surface area contributed by atoms with Gasteiger partial charge in [-0.2, -0.15) is 0 Å². The molecule has 0 heterocycles. The van der Waals surface area contributed by atoms with Crippen LogP contribution in [0.5, 0.6) is 0 Å². The fourth-order valence-corrected chi connectivity index (χ4v) is 2.59. The number of nitro benzene ring substituents is 1. The first-order chi connectivity index (χ1) is 13.4. The number of rotatable bonds is 8. The van der Waals surface area contributed by atoms with E-state index in [9.17, 15) is 19.7 Å². The number of aryl methyl sites for hydroxylation is 1. The number of nitrogens with one attached hydrogen (secondary N) is 1. The fraction of sp³-hybridized carbons (Fsp3) is 0.238. The van der Waals surface area contributed by atoms with Crippen LogP contribution in [0.3, 0.4) is 0 Å². The second-order valence-corrected chi connectivity index (χ2v) is 6.20. The summed E-state index contributed by atoms with van der Waals surface area (Å²) in [5, 5.41) is 13.8. The first-order valence-electron chi connectivity index (χ1n) is 8.85. The van der Waals surface area contributed by atoms with Crippen molar-refractivity contribution in [3.8, 4) is 0 Å². The average Bonchev–Trinajstić information content (AvgIpc) is 2.69. The molecule has 146 valence electrons. The third-order valence-electron chi connectivity index (χ3n) is 4.10. The van der Waals surface area contributed by atoms with Crippen LogP contribution in [0, 0.1) is 17.0 Å². The zero-order valence-electron chi connectivity index (χ0n) is 15.8. The van der Waals surface area contributed by atoms with Crippen LogP contribution in [0.25, 0.3) is 6.08 Å². The van der Waals surface area contributed by atoms with Crippen molar-refractivity contribution in [1.29, 1.82) is 0 Å². The molecule has 0 radical (unpaired) electrons. The second kappa shape index (κ2) is 10.0. The average molecular weight is 382 g/mol. The van der Waals surface area contributed by atoms with Gasteiger partial charge in [0.05, 0.1) is 16.5 Å². The molecular weight excluding hydrogens is 360 g/mol. The van der Waals surface area contributed by atoms with E-state index < -0.39 is 23.4 Å². The van der Waals surface area contributed by atoms with Gasteiger partial charge in [0.1, 0.15) is 0 Å². The Morgan fingerprint density at radius 1 is 1.18 bits per heavy atom. The summed E-state index contributed by atoms with van der Waals surface area (Å²) in [4.78, 5) is 34.3. The van der Waals surface area contributed by atoms with Gasteiger partial charge in [-0.25, -0.2) is 4.79 Å². The normalized spacial score (nSPS) is 11.8. The van der Waals surface area contributed by atoms with E-state index >= 15 is 0 Å². The number of hydrogen-bond acceptors (Lipinski definition) is 5. The summed E-state index contributed by atoms with van der Waals surface area (Å²) in [5.41, 5.74) is 2.26. The molecule has 2 aromatic carbocycles. The van der Waals surface area contributed by atoms with Crippen LogP contribution in [0.4, 0.5) is 5.69 Å². The van der Waals surface area contributed by atoms with E-state index in [1.807, 2.05) is 38.1 Å². The van der Waals surface area contributed by atoms with Crippen LogP contribution in [-0.2, 0) is 14.3 Å². The van der Waals surface area contributed by atoms with Crippen molar-refractivity contribution in [2.24, 2.45) is 0 Å². The monoisotopic (exact) mass is 382 g/mol. The number of nitrogens with zero attached hydrogens (tertiary/aromatic N) is 1. The zero-order valence-corrected chi connectivity index (χ0v) is 15.8. The van der Waals surface area contributed by atoms with Gasteiger partial charge in [0.25, 0.3) is 11.6 Å². The molecule has 1 amide bonds. The lowest BCUT2D eigenvalue weighted by Crippen LogP contribution is -2.32. The zero-order chi connectivity index (χ0) is 20.5. The molecule has 0 aromatic heterocycles. The Kier molecular flexibility index (Phi) is 7.45. The number of ether oxygens (including phenoxy) is 1. The van der Waals surface area contributed by atoms with Crippen LogP contribution < -0.4 is 5.32 Å². The molecule has 0 fully saturated rings. The molecular formula is C21H22N2O5. The fourth-order valence-electron chi connectivity index (χ4n) is 2.59. The molecule has 0 saturated heterocycles. The molecule has 2 aromatic rings. The highest BCUT2D eigenvalue weighted by Crippen LogP contribution is 2.19. The quantitative estimate of drug-likeness (QED) is 0.325. The summed E-state index contributed by atoms with van der Waals surface area (Å²) < 4.78 is 4.92. The van der Waals surface area contributed by atoms with Gasteiger partial charge in [-0.15, -0.1) is 0 Å². The van der Waals surface area contributed by atoms with Crippen molar-refractivity contribution in [3.63, 3.8) is 0 Å². The van der Waals surface area contributed by atoms with Crippen LogP contribution in [0.2, 0.25) is 0 Å². The summed E-state index contributed by atoms with van der Waals surface area (Å²) in [6.07, 6.45) is 3.05. The van der Waals surface area contributed by atoms with E-state index in [-0.39, 0.29) is 17.3 Å². The van der Waals surface area contributed by atoms with Gasteiger partial charge >= 0.3 is 5.97 Å². The van der Waals surface area contributed by atoms with Crippen molar-refractivity contribution in [2.45, 2.75) is 26.3 Å². The van der Waals surface area contributed by atoms with Crippen molar-refractivity contribution in [2.75, 3.05) is 6.61 Å². The van der Waals surface area contributed by atoms with Crippen molar-refractivity contribution in [1.82, 2.24) is 5.32 Å². The number of hydrogen-bond donors (Lipinski definition) is 1. The number of esters is 1. The molecule has 0 spiro atoms. The number of benzene rings is 2. The lowest BCUT2D eigenvalue weighted by molar-refractivity contribution is -0.385. The Bertz CT molecular complexity index is 875. The molecule has 2 rings (SSSR count). The molecule has 0 aliphatic rings. The van der Waals surface area contributed by atoms with Crippen molar-refractivity contribution < 1.29 is 19.2 Å². The van der Waals surface area contributed by atoms with E-state index in [2.05, 4.69) is 5.32 Å². The van der Waals surface area contributed by atoms with E-state index in [1.165, 1.54) is 24.3 Å². The lowest BCUT2D eigenvalue weighted by Gasteiger charge is -2.17. The smallest absolute Gasteiger partial charge is 0.331 e. The van der Waals surface area contributed by atoms with Gasteiger partial charge in [-0.05, 0) is 31.1 Å². The maximum absolute atomic E-state index is 12.1. The van der Waals surface area contributed by atoms with Crippen LogP contribution >= 0.6 is 0 Å². The van der Waals surface area contributed by atoms with Gasteiger partial charge in [0.2, 0.25) is 0 Å². The summed E-state index contributed by atoms with van der Waals surface area (Å²) in [5.74, 6) is -1.17. The van der Waals surface area contributed by atoms with E-state index in [0.29, 0.717) is 6.42 Å². The Morgan fingerprint density at radius 2 is 1.86 bits per heavy atom. The number of amides is 1. The summed E-state index contributed by atoms with van der Waals surface area (Å²) in [6.45, 7) is 3.51. The standard InChI is InChI=1S/C21H22N2O5/c1-3-18(16-10-8-15(2)9-11-16)22-20(24)14-28-21(25)13-12-17-6-4-5-7-19(17)23(26)27/h4-13,18H,3,14H2,1-2H3,(H,22,24)/b13-12+/t18-/m0/s1. The predicted octanol–water partition coefficient (Wildman–Crippen LogP) is 3.73. The van der Waals surface area contributed by atoms with E-state index in [1.54, 1.807) is 6.07 Å². The third-order valence-corrected chi connectivity index (χ3v) is 4.10. The highest BCUT2D eigenvalue weighted by atomic mass is 16.6. The Labute approximate surface area is 163 Å². The highest BCUT2D eigenvalue weighted by molar-refractivity contribution is 5.90. The molecule has 7 heteroatoms. The number of nitro groups is 1. The minimum atomic E-state index is -0.753. The Morgan fingerprint density at radius 3 is 2.50 bits per heavy atom. The molecule has 0 bridgehead atoms. The highest BCUT2D eigenvalue weighted by Gasteiger charge is 2.14. The largest absolute Gasteiger partial charge is 0.452 e. The minimum Gasteiger partial charge on any atom is -0.452 e. The number of para-hydroxylation sites is 1. The summed E-state index contributed by atoms with van der Waals surface area (Å²) >= 11 is 0. The van der Waals surface area contributed by atoms with E-state index in [4.69, 9.17) is 4.74 Å². The lowest BCUT2D eigenvalue weighted by atomic mass is 10.0. The van der Waals surface area contributed by atoms with Crippen molar-refractivity contribution >= 4 is 23.6 Å².